The topological polar surface area (TPSA) is 59.3 Å². The van der Waals surface area contributed by atoms with Crippen LogP contribution in [0.4, 0.5) is 4.39 Å². The molecule has 19 heavy (non-hydrogen) atoms. The second kappa shape index (κ2) is 5.62. The molecule has 2 rings (SSSR count). The minimum atomic E-state index is -0.491. The molecule has 0 bridgehead atoms. The number of nitrogens with one attached hydrogen (secondary N) is 1. The molecule has 1 amide bonds. The van der Waals surface area contributed by atoms with Crippen LogP contribution in [-0.2, 0) is 7.05 Å². The number of nitrogens with zero attached hydrogens (tertiary/aromatic N) is 3. The molecular formula is C11H10BrFN4OS. The van der Waals surface area contributed by atoms with Crippen LogP contribution in [0.25, 0.3) is 0 Å². The lowest BCUT2D eigenvalue weighted by molar-refractivity contribution is 0.0959. The molecule has 0 atom stereocenters. The number of rotatable bonds is 3. The van der Waals surface area contributed by atoms with E-state index in [9.17, 15) is 9.18 Å². The molecule has 2 heterocycles. The first-order chi connectivity index (χ1) is 8.99. The minimum Gasteiger partial charge on any atom is -0.266 e. The second-order valence-corrected chi connectivity index (χ2v) is 5.57. The largest absolute Gasteiger partial charge is 0.281 e. The summed E-state index contributed by atoms with van der Waals surface area (Å²) in [6.07, 6.45) is 1.25. The predicted molar refractivity (Wildman–Crippen MR) is 75.0 cm³/mol. The summed E-state index contributed by atoms with van der Waals surface area (Å²) in [5.41, 5.74) is 3.11. The summed E-state index contributed by atoms with van der Waals surface area (Å²) in [7, 11) is 1.50. The molecule has 100 valence electrons. The molecule has 5 nitrogen and oxygen atoms in total. The maximum Gasteiger partial charge on any atom is 0.281 e. The van der Waals surface area contributed by atoms with Gasteiger partial charge in [0.25, 0.3) is 5.91 Å². The van der Waals surface area contributed by atoms with Gasteiger partial charge in [-0.05, 0) is 28.9 Å². The maximum atomic E-state index is 13.6. The monoisotopic (exact) mass is 344 g/mol. The molecule has 0 unspecified atom stereocenters. The Morgan fingerprint density at radius 3 is 2.95 bits per heavy atom. The van der Waals surface area contributed by atoms with Crippen LogP contribution >= 0.6 is 27.3 Å². The average Bonchev–Trinajstić information content (AvgIpc) is 2.88. The molecule has 0 radical (unpaired) electrons. The van der Waals surface area contributed by atoms with E-state index in [4.69, 9.17) is 0 Å². The molecule has 2 aromatic rings. The fraction of sp³-hybridized carbons (Fsp3) is 0.182. The van der Waals surface area contributed by atoms with Crippen molar-refractivity contribution in [3.05, 3.63) is 38.0 Å². The van der Waals surface area contributed by atoms with Crippen molar-refractivity contribution >= 4 is 39.4 Å². The molecule has 0 aliphatic heterocycles. The highest BCUT2D eigenvalue weighted by atomic mass is 79.9. The maximum absolute atomic E-state index is 13.6. The average molecular weight is 345 g/mol. The minimum absolute atomic E-state index is 0.259. The second-order valence-electron chi connectivity index (χ2n) is 3.74. The van der Waals surface area contributed by atoms with Crippen molar-refractivity contribution in [3.63, 3.8) is 0 Å². The Hall–Kier alpha value is -1.54. The van der Waals surface area contributed by atoms with Gasteiger partial charge in [-0.3, -0.25) is 4.79 Å². The summed E-state index contributed by atoms with van der Waals surface area (Å²) in [6, 6.07) is 1.69. The first kappa shape index (κ1) is 13.9. The van der Waals surface area contributed by atoms with E-state index in [1.807, 2.05) is 0 Å². The molecule has 0 saturated carbocycles. The van der Waals surface area contributed by atoms with Crippen LogP contribution in [0, 0.1) is 12.9 Å². The van der Waals surface area contributed by atoms with Crippen molar-refractivity contribution in [2.24, 2.45) is 12.1 Å². The summed E-state index contributed by atoms with van der Waals surface area (Å²) in [5, 5.41) is 9.43. The van der Waals surface area contributed by atoms with Gasteiger partial charge < -0.3 is 0 Å². The van der Waals surface area contributed by atoms with Crippen LogP contribution < -0.4 is 5.43 Å². The van der Waals surface area contributed by atoms with Gasteiger partial charge in [0.1, 0.15) is 0 Å². The van der Waals surface area contributed by atoms with Gasteiger partial charge in [-0.2, -0.15) is 14.6 Å². The Balaban J connectivity index is 2.06. The van der Waals surface area contributed by atoms with E-state index in [2.05, 4.69) is 31.6 Å². The van der Waals surface area contributed by atoms with Crippen LogP contribution in [-0.4, -0.2) is 21.9 Å². The molecule has 0 aliphatic carbocycles. The summed E-state index contributed by atoms with van der Waals surface area (Å²) in [4.78, 5) is 12.2. The van der Waals surface area contributed by atoms with E-state index in [1.165, 1.54) is 24.6 Å². The molecule has 0 fully saturated rings. The van der Waals surface area contributed by atoms with Crippen LogP contribution in [0.3, 0.4) is 0 Å². The van der Waals surface area contributed by atoms with E-state index in [0.29, 0.717) is 10.6 Å². The number of halogens is 2. The van der Waals surface area contributed by atoms with Crippen LogP contribution in [0.2, 0.25) is 0 Å². The number of hydrazone groups is 1. The van der Waals surface area contributed by atoms with Gasteiger partial charge in [-0.25, -0.2) is 10.1 Å². The Kier molecular flexibility index (Phi) is 4.11. The number of aryl methyl sites for hydroxylation is 2. The third kappa shape index (κ3) is 3.07. The lowest BCUT2D eigenvalue weighted by atomic mass is 10.3. The van der Waals surface area contributed by atoms with Gasteiger partial charge >= 0.3 is 0 Å². The molecule has 2 aromatic heterocycles. The predicted octanol–water partition coefficient (Wildman–Crippen LogP) is 2.46. The van der Waals surface area contributed by atoms with Gasteiger partial charge in [0.15, 0.2) is 0 Å². The first-order valence-electron chi connectivity index (χ1n) is 5.25. The third-order valence-corrected chi connectivity index (χ3v) is 4.04. The smallest absolute Gasteiger partial charge is 0.266 e. The molecule has 0 spiro atoms. The summed E-state index contributed by atoms with van der Waals surface area (Å²) in [6.45, 7) is 1.67. The van der Waals surface area contributed by atoms with Crippen LogP contribution in [0.5, 0.6) is 0 Å². The fourth-order valence-corrected chi connectivity index (χ4v) is 2.75. The van der Waals surface area contributed by atoms with E-state index in [1.54, 1.807) is 18.4 Å². The zero-order valence-corrected chi connectivity index (χ0v) is 12.5. The number of amides is 1. The summed E-state index contributed by atoms with van der Waals surface area (Å²) >= 11 is 4.55. The Labute approximate surface area is 121 Å². The quantitative estimate of drug-likeness (QED) is 0.686. The fourth-order valence-electron chi connectivity index (χ4n) is 1.44. The summed E-state index contributed by atoms with van der Waals surface area (Å²) in [5.74, 6) is -0.830. The lowest BCUT2D eigenvalue weighted by Gasteiger charge is -1.95. The van der Waals surface area contributed by atoms with Crippen molar-refractivity contribution in [2.75, 3.05) is 0 Å². The Morgan fingerprint density at radius 2 is 2.42 bits per heavy atom. The van der Waals surface area contributed by atoms with E-state index < -0.39 is 5.95 Å². The summed E-state index contributed by atoms with van der Waals surface area (Å²) < 4.78 is 15.5. The highest BCUT2D eigenvalue weighted by molar-refractivity contribution is 9.10. The van der Waals surface area contributed by atoms with Gasteiger partial charge in [0, 0.05) is 16.9 Å². The molecular weight excluding hydrogens is 335 g/mol. The first-order valence-corrected chi connectivity index (χ1v) is 6.93. The van der Waals surface area contributed by atoms with Gasteiger partial charge in [-0.15, -0.1) is 11.3 Å². The number of carbonyl (C=O) groups excluding carboxylic acids is 1. The Morgan fingerprint density at radius 1 is 1.68 bits per heavy atom. The normalized spacial score (nSPS) is 11.2. The van der Waals surface area contributed by atoms with Gasteiger partial charge in [0.05, 0.1) is 22.3 Å². The Bertz CT molecular complexity index is 649. The molecule has 0 saturated heterocycles. The van der Waals surface area contributed by atoms with E-state index >= 15 is 0 Å². The number of carbonyl (C=O) groups is 1. The molecule has 0 aromatic carbocycles. The number of aromatic nitrogens is 2. The highest BCUT2D eigenvalue weighted by Gasteiger charge is 2.11. The van der Waals surface area contributed by atoms with Gasteiger partial charge in [-0.1, -0.05) is 0 Å². The zero-order chi connectivity index (χ0) is 14.0. The SMILES string of the molecule is Cc1nn(C)c(F)c1/C=N\NC(=O)c1cc(Br)cs1. The van der Waals surface area contributed by atoms with Crippen LogP contribution in [0.1, 0.15) is 20.9 Å². The van der Waals surface area contributed by atoms with Crippen molar-refractivity contribution < 1.29 is 9.18 Å². The molecule has 8 heteroatoms. The molecule has 0 aliphatic rings. The number of hydrogen-bond acceptors (Lipinski definition) is 4. The standard InChI is InChI=1S/C11H10BrFN4OS/c1-6-8(10(13)17(2)16-6)4-14-15-11(18)9-3-7(12)5-19-9/h3-5H,1-2H3,(H,15,18)/b14-4-. The van der Waals surface area contributed by atoms with Crippen molar-refractivity contribution in [1.29, 1.82) is 0 Å². The van der Waals surface area contributed by atoms with E-state index in [0.717, 1.165) is 9.15 Å². The molecule has 1 N–H and O–H groups in total. The number of thiophene rings is 1. The number of hydrogen-bond donors (Lipinski definition) is 1. The zero-order valence-electron chi connectivity index (χ0n) is 10.1. The van der Waals surface area contributed by atoms with Crippen LogP contribution in [0.15, 0.2) is 21.0 Å². The third-order valence-electron chi connectivity index (χ3n) is 2.35. The van der Waals surface area contributed by atoms with E-state index in [-0.39, 0.29) is 11.5 Å². The van der Waals surface area contributed by atoms with Crippen molar-refractivity contribution in [3.8, 4) is 0 Å². The van der Waals surface area contributed by atoms with Gasteiger partial charge in [0.2, 0.25) is 5.95 Å². The van der Waals surface area contributed by atoms with Crippen molar-refractivity contribution in [2.45, 2.75) is 6.92 Å². The van der Waals surface area contributed by atoms with Crippen molar-refractivity contribution in [1.82, 2.24) is 15.2 Å². The highest BCUT2D eigenvalue weighted by Crippen LogP contribution is 2.19. The lowest BCUT2D eigenvalue weighted by Crippen LogP contribution is -2.16.